The maximum atomic E-state index is 14.4. The molecule has 2 aromatic heterocycles. The molecular weight excluding hydrogens is 335 g/mol. The highest BCUT2D eigenvalue weighted by molar-refractivity contribution is 5.30. The van der Waals surface area contributed by atoms with Gasteiger partial charge in [0, 0.05) is 17.5 Å². The number of nitrogens with zero attached hydrogens (tertiary/aromatic N) is 5. The Labute approximate surface area is 141 Å². The fourth-order valence-electron chi connectivity index (χ4n) is 2.72. The molecule has 3 aromatic rings. The van der Waals surface area contributed by atoms with Gasteiger partial charge in [0.25, 0.3) is 0 Å². The zero-order valence-electron chi connectivity index (χ0n) is 13.1. The third kappa shape index (κ3) is 3.22. The summed E-state index contributed by atoms with van der Waals surface area (Å²) < 4.78 is 43.0. The number of hydrogen-bond donors (Lipinski definition) is 1. The Morgan fingerprint density at radius 3 is 2.60 bits per heavy atom. The van der Waals surface area contributed by atoms with Crippen LogP contribution in [0.1, 0.15) is 24.1 Å². The Balaban J connectivity index is 2.13. The van der Waals surface area contributed by atoms with Crippen LogP contribution in [0.25, 0.3) is 0 Å². The Morgan fingerprint density at radius 2 is 1.96 bits per heavy atom. The first-order valence-electron chi connectivity index (χ1n) is 7.37. The van der Waals surface area contributed by atoms with E-state index in [-0.39, 0.29) is 17.8 Å². The Morgan fingerprint density at radius 1 is 1.16 bits per heavy atom. The van der Waals surface area contributed by atoms with E-state index < -0.39 is 29.0 Å². The zero-order valence-corrected chi connectivity index (χ0v) is 13.1. The molecule has 9 heteroatoms. The lowest BCUT2D eigenvalue weighted by Crippen LogP contribution is -2.39. The Bertz CT molecular complexity index is 874. The minimum atomic E-state index is -1.96. The monoisotopic (exact) mass is 349 g/mol. The van der Waals surface area contributed by atoms with E-state index >= 15 is 0 Å². The van der Waals surface area contributed by atoms with Crippen molar-refractivity contribution in [2.24, 2.45) is 0 Å². The second-order valence-corrected chi connectivity index (χ2v) is 5.62. The van der Waals surface area contributed by atoms with Crippen molar-refractivity contribution in [1.82, 2.24) is 24.7 Å². The number of aromatic nitrogens is 5. The van der Waals surface area contributed by atoms with Gasteiger partial charge in [-0.15, -0.1) is 0 Å². The zero-order chi connectivity index (χ0) is 18.0. The topological polar surface area (TPSA) is 76.7 Å². The van der Waals surface area contributed by atoms with E-state index in [1.165, 1.54) is 24.3 Å². The van der Waals surface area contributed by atoms with E-state index in [2.05, 4.69) is 20.1 Å². The molecule has 1 unspecified atom stereocenters. The fourth-order valence-corrected chi connectivity index (χ4v) is 2.72. The summed E-state index contributed by atoms with van der Waals surface area (Å²) >= 11 is 0. The second-order valence-electron chi connectivity index (χ2n) is 5.62. The third-order valence-corrected chi connectivity index (χ3v) is 4.09. The molecule has 0 saturated heterocycles. The van der Waals surface area contributed by atoms with Crippen molar-refractivity contribution in [3.05, 3.63) is 72.1 Å². The molecule has 0 radical (unpaired) electrons. The number of aliphatic hydroxyl groups is 1. The Hall–Kier alpha value is -2.81. The molecule has 6 nitrogen and oxygen atoms in total. The molecule has 1 N–H and O–H groups in total. The molecule has 2 heterocycles. The number of benzene rings is 1. The summed E-state index contributed by atoms with van der Waals surface area (Å²) in [5.41, 5.74) is -2.25. The molecule has 0 aliphatic heterocycles. The van der Waals surface area contributed by atoms with E-state index in [9.17, 15) is 18.3 Å². The molecule has 0 aliphatic carbocycles. The first-order chi connectivity index (χ1) is 11.9. The molecule has 1 aromatic carbocycles. The van der Waals surface area contributed by atoms with Crippen molar-refractivity contribution in [1.29, 1.82) is 0 Å². The summed E-state index contributed by atoms with van der Waals surface area (Å²) in [6, 6.07) is 2.80. The van der Waals surface area contributed by atoms with E-state index in [1.54, 1.807) is 0 Å². The van der Waals surface area contributed by atoms with E-state index in [0.717, 1.165) is 24.7 Å². The first kappa shape index (κ1) is 17.0. The van der Waals surface area contributed by atoms with Crippen LogP contribution in [-0.2, 0) is 12.1 Å². The smallest absolute Gasteiger partial charge is 0.163 e. The van der Waals surface area contributed by atoms with Crippen molar-refractivity contribution in [3.63, 3.8) is 0 Å². The lowest BCUT2D eigenvalue weighted by Gasteiger charge is -2.34. The highest BCUT2D eigenvalue weighted by Gasteiger charge is 2.41. The van der Waals surface area contributed by atoms with Crippen LogP contribution in [0.5, 0.6) is 0 Å². The van der Waals surface area contributed by atoms with Gasteiger partial charge in [0.05, 0.1) is 18.4 Å². The number of halogens is 3. The molecule has 0 fully saturated rings. The van der Waals surface area contributed by atoms with Crippen LogP contribution < -0.4 is 0 Å². The van der Waals surface area contributed by atoms with Gasteiger partial charge in [0.15, 0.2) is 5.82 Å². The summed E-state index contributed by atoms with van der Waals surface area (Å²) in [7, 11) is 0. The molecule has 0 bridgehead atoms. The summed E-state index contributed by atoms with van der Waals surface area (Å²) in [5, 5.41) is 15.2. The highest BCUT2D eigenvalue weighted by atomic mass is 19.1. The van der Waals surface area contributed by atoms with Crippen LogP contribution in [0.2, 0.25) is 0 Å². The average Bonchev–Trinajstić information content (AvgIpc) is 3.07. The second kappa shape index (κ2) is 6.60. The molecule has 2 atom stereocenters. The van der Waals surface area contributed by atoms with Crippen LogP contribution in [0.15, 0.2) is 43.4 Å². The Kier molecular flexibility index (Phi) is 4.49. The maximum absolute atomic E-state index is 14.4. The van der Waals surface area contributed by atoms with Gasteiger partial charge in [-0.05, 0) is 6.07 Å². The molecule has 130 valence electrons. The van der Waals surface area contributed by atoms with Crippen molar-refractivity contribution < 1.29 is 18.3 Å². The number of hydrogen-bond acceptors (Lipinski definition) is 5. The lowest BCUT2D eigenvalue weighted by molar-refractivity contribution is -0.0133. The van der Waals surface area contributed by atoms with Gasteiger partial charge in [-0.25, -0.2) is 32.8 Å². The summed E-state index contributed by atoms with van der Waals surface area (Å²) in [6.45, 7) is 1.26. The fraction of sp³-hybridized carbons (Fsp3) is 0.250. The van der Waals surface area contributed by atoms with Gasteiger partial charge in [0.1, 0.15) is 36.2 Å². The van der Waals surface area contributed by atoms with Gasteiger partial charge in [-0.3, -0.25) is 0 Å². The van der Waals surface area contributed by atoms with Gasteiger partial charge in [-0.2, -0.15) is 5.10 Å². The summed E-state index contributed by atoms with van der Waals surface area (Å²) in [4.78, 5) is 11.2. The predicted octanol–water partition coefficient (Wildman–Crippen LogP) is 2.18. The standard InChI is InChI=1S/C16H14F3N5O/c1-10(15-14(19)5-20-7-22-15)16(25,6-24-9-21-8-23-24)12-3-2-11(17)4-13(12)18/h2-5,7-10,25H,6H2,1H3/t10-,16?/m0/s1. The molecule has 25 heavy (non-hydrogen) atoms. The van der Waals surface area contributed by atoms with Crippen LogP contribution in [0.3, 0.4) is 0 Å². The minimum absolute atomic E-state index is 0.0960. The molecule has 0 spiro atoms. The van der Waals surface area contributed by atoms with E-state index in [0.29, 0.717) is 6.07 Å². The van der Waals surface area contributed by atoms with Gasteiger partial charge < -0.3 is 5.11 Å². The normalized spacial score (nSPS) is 14.9. The molecule has 3 rings (SSSR count). The lowest BCUT2D eigenvalue weighted by atomic mass is 9.79. The first-order valence-corrected chi connectivity index (χ1v) is 7.37. The molecular formula is C16H14F3N5O. The molecule has 0 saturated carbocycles. The highest BCUT2D eigenvalue weighted by Crippen LogP contribution is 2.39. The summed E-state index contributed by atoms with van der Waals surface area (Å²) in [6.07, 6.45) is 4.66. The van der Waals surface area contributed by atoms with E-state index in [1.807, 2.05) is 0 Å². The van der Waals surface area contributed by atoms with Crippen LogP contribution >= 0.6 is 0 Å². The largest absolute Gasteiger partial charge is 0.382 e. The van der Waals surface area contributed by atoms with Crippen LogP contribution in [0.4, 0.5) is 13.2 Å². The van der Waals surface area contributed by atoms with Crippen LogP contribution in [-0.4, -0.2) is 29.8 Å². The maximum Gasteiger partial charge on any atom is 0.163 e. The molecule has 0 aliphatic rings. The number of rotatable bonds is 5. The predicted molar refractivity (Wildman–Crippen MR) is 80.7 cm³/mol. The van der Waals surface area contributed by atoms with Crippen molar-refractivity contribution in [3.8, 4) is 0 Å². The third-order valence-electron chi connectivity index (χ3n) is 4.09. The van der Waals surface area contributed by atoms with Gasteiger partial charge in [0.2, 0.25) is 0 Å². The van der Waals surface area contributed by atoms with Gasteiger partial charge >= 0.3 is 0 Å². The van der Waals surface area contributed by atoms with Crippen LogP contribution in [0, 0.1) is 17.5 Å². The van der Waals surface area contributed by atoms with Crippen molar-refractivity contribution in [2.75, 3.05) is 0 Å². The van der Waals surface area contributed by atoms with Crippen molar-refractivity contribution >= 4 is 0 Å². The average molecular weight is 349 g/mol. The molecule has 0 amide bonds. The van der Waals surface area contributed by atoms with Crippen molar-refractivity contribution in [2.45, 2.75) is 25.0 Å². The summed E-state index contributed by atoms with van der Waals surface area (Å²) in [5.74, 6) is -3.47. The quantitative estimate of drug-likeness (QED) is 0.764. The minimum Gasteiger partial charge on any atom is -0.382 e. The van der Waals surface area contributed by atoms with Gasteiger partial charge in [-0.1, -0.05) is 13.0 Å². The van der Waals surface area contributed by atoms with E-state index in [4.69, 9.17) is 0 Å². The SMILES string of the molecule is C[C@@H](c1ncncc1F)C(O)(Cn1cncn1)c1ccc(F)cc1F.